The number of ketones is 1. The van der Waals surface area contributed by atoms with Gasteiger partial charge in [0.25, 0.3) is 0 Å². The summed E-state index contributed by atoms with van der Waals surface area (Å²) in [4.78, 5) is 13.0. The van der Waals surface area contributed by atoms with Crippen molar-refractivity contribution in [3.8, 4) is 0 Å². The van der Waals surface area contributed by atoms with Crippen LogP contribution in [0.3, 0.4) is 0 Å². The minimum atomic E-state index is 0.123. The number of hydrogen-bond donors (Lipinski definition) is 0. The lowest BCUT2D eigenvalue weighted by Crippen LogP contribution is -2.07. The summed E-state index contributed by atoms with van der Waals surface area (Å²) in [7, 11) is 0. The molecule has 2 aromatic heterocycles. The Hall–Kier alpha value is -0.460. The van der Waals surface area contributed by atoms with E-state index in [-0.39, 0.29) is 5.78 Å². The second kappa shape index (κ2) is 6.12. The van der Waals surface area contributed by atoms with Crippen LogP contribution in [0.1, 0.15) is 47.1 Å². The summed E-state index contributed by atoms with van der Waals surface area (Å²) >= 11 is 8.29. The van der Waals surface area contributed by atoms with Gasteiger partial charge in [0.1, 0.15) is 0 Å². The van der Waals surface area contributed by atoms with E-state index in [0.717, 1.165) is 18.8 Å². The predicted molar refractivity (Wildman–Crippen MR) is 87.5 cm³/mol. The molecule has 2 aromatic rings. The van der Waals surface area contributed by atoms with Crippen LogP contribution in [-0.4, -0.2) is 15.6 Å². The number of halogens is 2. The van der Waals surface area contributed by atoms with Gasteiger partial charge in [0.05, 0.1) is 26.8 Å². The lowest BCUT2D eigenvalue weighted by atomic mass is 10.2. The highest BCUT2D eigenvalue weighted by atomic mass is 79.9. The summed E-state index contributed by atoms with van der Waals surface area (Å²) < 4.78 is 3.93. The first-order valence-electron chi connectivity index (χ1n) is 6.65. The largest absolute Gasteiger partial charge is 0.293 e. The highest BCUT2D eigenvalue weighted by molar-refractivity contribution is 9.13. The van der Waals surface area contributed by atoms with Crippen molar-refractivity contribution in [2.75, 3.05) is 0 Å². The van der Waals surface area contributed by atoms with Crippen molar-refractivity contribution >= 4 is 49.0 Å². The molecule has 106 valence electrons. The van der Waals surface area contributed by atoms with Gasteiger partial charge in [-0.25, -0.2) is 0 Å². The lowest BCUT2D eigenvalue weighted by molar-refractivity contribution is 0.0995. The Bertz CT molecular complexity index is 609. The Morgan fingerprint density at radius 2 is 2.15 bits per heavy atom. The zero-order chi connectivity index (χ0) is 14.1. The highest BCUT2D eigenvalue weighted by Crippen LogP contribution is 2.33. The molecular formula is C14H14Br2N2OS. The molecule has 20 heavy (non-hydrogen) atoms. The maximum absolute atomic E-state index is 12.2. The first-order valence-corrected chi connectivity index (χ1v) is 9.06. The average molecular weight is 418 g/mol. The molecule has 1 saturated carbocycles. The van der Waals surface area contributed by atoms with Crippen LogP contribution in [0.15, 0.2) is 26.6 Å². The van der Waals surface area contributed by atoms with Gasteiger partial charge in [-0.3, -0.25) is 9.48 Å². The van der Waals surface area contributed by atoms with Crippen LogP contribution in [0, 0.1) is 0 Å². The van der Waals surface area contributed by atoms with Gasteiger partial charge in [-0.05, 0) is 56.8 Å². The molecule has 0 atom stereocenters. The Balaban J connectivity index is 1.69. The van der Waals surface area contributed by atoms with E-state index in [9.17, 15) is 4.79 Å². The number of thiophene rings is 1. The minimum absolute atomic E-state index is 0.123. The van der Waals surface area contributed by atoms with Crippen LogP contribution < -0.4 is 0 Å². The van der Waals surface area contributed by atoms with Crippen molar-refractivity contribution in [3.63, 3.8) is 0 Å². The summed E-state index contributed by atoms with van der Waals surface area (Å²) in [5, 5.41) is 4.56. The van der Waals surface area contributed by atoms with Crippen LogP contribution in [0.25, 0.3) is 0 Å². The standard InChI is InChI=1S/C14H14Br2N2OS/c15-11-8-13(20-14(11)16)12(19)7-9-5-6-18(17-9)10-3-1-2-4-10/h5-6,8,10H,1-4,7H2. The van der Waals surface area contributed by atoms with Gasteiger partial charge in [0.2, 0.25) is 0 Å². The van der Waals surface area contributed by atoms with Crippen molar-refractivity contribution in [1.29, 1.82) is 0 Å². The van der Waals surface area contributed by atoms with E-state index in [0.29, 0.717) is 12.5 Å². The minimum Gasteiger partial charge on any atom is -0.293 e. The SMILES string of the molecule is O=C(Cc1ccn(C2CCCC2)n1)c1cc(Br)c(Br)s1. The van der Waals surface area contributed by atoms with Crippen molar-refractivity contribution in [2.24, 2.45) is 0 Å². The monoisotopic (exact) mass is 416 g/mol. The third-order valence-electron chi connectivity index (χ3n) is 3.62. The van der Waals surface area contributed by atoms with Crippen molar-refractivity contribution in [3.05, 3.63) is 37.2 Å². The Morgan fingerprint density at radius 3 is 2.80 bits per heavy atom. The van der Waals surface area contributed by atoms with E-state index in [1.807, 2.05) is 23.0 Å². The van der Waals surface area contributed by atoms with Crippen LogP contribution in [0.2, 0.25) is 0 Å². The van der Waals surface area contributed by atoms with Crippen LogP contribution in [0.5, 0.6) is 0 Å². The Morgan fingerprint density at radius 1 is 1.40 bits per heavy atom. The number of rotatable bonds is 4. The first-order chi connectivity index (χ1) is 9.63. The summed E-state index contributed by atoms with van der Waals surface area (Å²) in [6.45, 7) is 0. The molecule has 2 heterocycles. The van der Waals surface area contributed by atoms with E-state index in [4.69, 9.17) is 0 Å². The van der Waals surface area contributed by atoms with E-state index < -0.39 is 0 Å². The van der Waals surface area contributed by atoms with Gasteiger partial charge in [0.15, 0.2) is 5.78 Å². The maximum atomic E-state index is 12.2. The Labute approximate surface area is 138 Å². The molecule has 0 unspecified atom stereocenters. The molecule has 0 aromatic carbocycles. The van der Waals surface area contributed by atoms with Crippen molar-refractivity contribution in [2.45, 2.75) is 38.1 Å². The number of nitrogens with zero attached hydrogens (tertiary/aromatic N) is 2. The molecule has 0 bridgehead atoms. The van der Waals surface area contributed by atoms with Gasteiger partial charge in [-0.1, -0.05) is 12.8 Å². The number of carbonyl (C=O) groups is 1. The molecule has 3 rings (SSSR count). The van der Waals surface area contributed by atoms with Gasteiger partial charge < -0.3 is 0 Å². The smallest absolute Gasteiger partial charge is 0.178 e. The summed E-state index contributed by atoms with van der Waals surface area (Å²) in [6.07, 6.45) is 7.38. The molecule has 1 aliphatic rings. The molecule has 0 N–H and O–H groups in total. The van der Waals surface area contributed by atoms with Gasteiger partial charge in [-0.2, -0.15) is 5.10 Å². The van der Waals surface area contributed by atoms with Crippen LogP contribution >= 0.6 is 43.2 Å². The number of hydrogen-bond acceptors (Lipinski definition) is 3. The molecule has 1 aliphatic carbocycles. The number of carbonyl (C=O) groups excluding carboxylic acids is 1. The van der Waals surface area contributed by atoms with Crippen molar-refractivity contribution in [1.82, 2.24) is 9.78 Å². The molecule has 0 radical (unpaired) electrons. The predicted octanol–water partition coefficient (Wildman–Crippen LogP) is 5.01. The van der Waals surface area contributed by atoms with Gasteiger partial charge in [0, 0.05) is 10.7 Å². The molecule has 0 aliphatic heterocycles. The molecule has 0 saturated heterocycles. The fourth-order valence-corrected chi connectivity index (χ4v) is 4.55. The third kappa shape index (κ3) is 3.07. The van der Waals surface area contributed by atoms with E-state index in [2.05, 4.69) is 37.0 Å². The summed E-state index contributed by atoms with van der Waals surface area (Å²) in [6, 6.07) is 4.36. The molecule has 0 amide bonds. The van der Waals surface area contributed by atoms with Crippen molar-refractivity contribution < 1.29 is 4.79 Å². The first kappa shape index (κ1) is 14.5. The molecule has 0 spiro atoms. The molecule has 6 heteroatoms. The molecule has 3 nitrogen and oxygen atoms in total. The number of aromatic nitrogens is 2. The fourth-order valence-electron chi connectivity index (χ4n) is 2.58. The van der Waals surface area contributed by atoms with Gasteiger partial charge >= 0.3 is 0 Å². The zero-order valence-electron chi connectivity index (χ0n) is 10.8. The van der Waals surface area contributed by atoms with E-state index >= 15 is 0 Å². The molecular weight excluding hydrogens is 404 g/mol. The lowest BCUT2D eigenvalue weighted by Gasteiger charge is -2.08. The molecule has 1 fully saturated rings. The van der Waals surface area contributed by atoms with Crippen LogP contribution in [0.4, 0.5) is 0 Å². The summed E-state index contributed by atoms with van der Waals surface area (Å²) in [5.74, 6) is 0.123. The Kier molecular flexibility index (Phi) is 4.43. The van der Waals surface area contributed by atoms with Crippen LogP contribution in [-0.2, 0) is 6.42 Å². The zero-order valence-corrected chi connectivity index (χ0v) is 14.8. The fraction of sp³-hybridized carbons (Fsp3) is 0.429. The van der Waals surface area contributed by atoms with E-state index in [1.165, 1.54) is 37.0 Å². The highest BCUT2D eigenvalue weighted by Gasteiger charge is 2.19. The maximum Gasteiger partial charge on any atom is 0.178 e. The topological polar surface area (TPSA) is 34.9 Å². The second-order valence-corrected chi connectivity index (χ2v) is 8.28. The average Bonchev–Trinajstić information content (AvgIpc) is 3.11. The third-order valence-corrected chi connectivity index (χ3v) is 6.92. The van der Waals surface area contributed by atoms with E-state index in [1.54, 1.807) is 0 Å². The second-order valence-electron chi connectivity index (χ2n) is 5.06. The van der Waals surface area contributed by atoms with Gasteiger partial charge in [-0.15, -0.1) is 11.3 Å². The quantitative estimate of drug-likeness (QED) is 0.655. The summed E-state index contributed by atoms with van der Waals surface area (Å²) in [5.41, 5.74) is 0.863. The normalized spacial score (nSPS) is 15.9. The number of Topliss-reactive ketones (excluding diaryl/α,β-unsaturated/α-hetero) is 1.